The van der Waals surface area contributed by atoms with Gasteiger partial charge in [0.2, 0.25) is 17.6 Å². The SMILES string of the molecule is COc1ccc(-c2noc(CCC(=O)N3CCCC3CC(=O)O)n2)cc1. The lowest BCUT2D eigenvalue weighted by molar-refractivity contribution is -0.139. The van der Waals surface area contributed by atoms with Gasteiger partial charge < -0.3 is 19.3 Å². The molecule has 1 unspecified atom stereocenters. The Morgan fingerprint density at radius 3 is 2.81 bits per heavy atom. The van der Waals surface area contributed by atoms with Crippen LogP contribution in [0.5, 0.6) is 5.75 Å². The summed E-state index contributed by atoms with van der Waals surface area (Å²) in [6.45, 7) is 0.609. The number of carbonyl (C=O) groups is 2. The van der Waals surface area contributed by atoms with Crippen LogP contribution in [-0.2, 0) is 16.0 Å². The number of hydrogen-bond donors (Lipinski definition) is 1. The lowest BCUT2D eigenvalue weighted by Crippen LogP contribution is -2.36. The number of methoxy groups -OCH3 is 1. The Labute approximate surface area is 150 Å². The first-order valence-electron chi connectivity index (χ1n) is 8.55. The number of aromatic nitrogens is 2. The van der Waals surface area contributed by atoms with Gasteiger partial charge in [-0.1, -0.05) is 5.16 Å². The Morgan fingerprint density at radius 2 is 2.12 bits per heavy atom. The molecular formula is C18H21N3O5. The van der Waals surface area contributed by atoms with Crippen molar-refractivity contribution in [2.45, 2.75) is 38.1 Å². The van der Waals surface area contributed by atoms with E-state index < -0.39 is 5.97 Å². The molecule has 8 heteroatoms. The van der Waals surface area contributed by atoms with Gasteiger partial charge in [-0.05, 0) is 37.1 Å². The van der Waals surface area contributed by atoms with Crippen LogP contribution in [0.1, 0.15) is 31.6 Å². The van der Waals surface area contributed by atoms with E-state index in [-0.39, 0.29) is 24.8 Å². The van der Waals surface area contributed by atoms with E-state index in [0.29, 0.717) is 24.7 Å². The van der Waals surface area contributed by atoms with Crippen LogP contribution in [0.4, 0.5) is 0 Å². The van der Waals surface area contributed by atoms with E-state index in [1.165, 1.54) is 0 Å². The molecule has 0 spiro atoms. The van der Waals surface area contributed by atoms with Crippen LogP contribution in [0.2, 0.25) is 0 Å². The molecule has 1 saturated heterocycles. The maximum absolute atomic E-state index is 12.4. The molecule has 1 aliphatic heterocycles. The van der Waals surface area contributed by atoms with Crippen LogP contribution in [-0.4, -0.2) is 51.7 Å². The summed E-state index contributed by atoms with van der Waals surface area (Å²) in [7, 11) is 1.60. The fourth-order valence-corrected chi connectivity index (χ4v) is 3.15. The van der Waals surface area contributed by atoms with Crippen LogP contribution in [0.3, 0.4) is 0 Å². The monoisotopic (exact) mass is 359 g/mol. The number of rotatable bonds is 7. The Morgan fingerprint density at radius 1 is 1.35 bits per heavy atom. The molecular weight excluding hydrogens is 338 g/mol. The average molecular weight is 359 g/mol. The second-order valence-corrected chi connectivity index (χ2v) is 6.22. The lowest BCUT2D eigenvalue weighted by Gasteiger charge is -2.23. The Kier molecular flexibility index (Phi) is 5.50. The van der Waals surface area contributed by atoms with Crippen molar-refractivity contribution >= 4 is 11.9 Å². The fourth-order valence-electron chi connectivity index (χ4n) is 3.15. The van der Waals surface area contributed by atoms with E-state index in [0.717, 1.165) is 24.2 Å². The Hall–Kier alpha value is -2.90. The van der Waals surface area contributed by atoms with Crippen molar-refractivity contribution < 1.29 is 24.0 Å². The molecule has 1 aromatic carbocycles. The second-order valence-electron chi connectivity index (χ2n) is 6.22. The third kappa shape index (κ3) is 4.19. The van der Waals surface area contributed by atoms with Crippen molar-refractivity contribution in [3.05, 3.63) is 30.2 Å². The first-order valence-corrected chi connectivity index (χ1v) is 8.55. The summed E-state index contributed by atoms with van der Waals surface area (Å²) in [5.74, 6) is 0.636. The van der Waals surface area contributed by atoms with Crippen LogP contribution in [0, 0.1) is 0 Å². The van der Waals surface area contributed by atoms with E-state index in [2.05, 4.69) is 10.1 Å². The number of amides is 1. The number of carboxylic acids is 1. The molecule has 1 N–H and O–H groups in total. The quantitative estimate of drug-likeness (QED) is 0.807. The zero-order chi connectivity index (χ0) is 18.5. The number of hydrogen-bond acceptors (Lipinski definition) is 6. The summed E-state index contributed by atoms with van der Waals surface area (Å²) in [4.78, 5) is 29.3. The van der Waals surface area contributed by atoms with Crippen LogP contribution in [0.25, 0.3) is 11.4 Å². The van der Waals surface area contributed by atoms with Gasteiger partial charge in [-0.2, -0.15) is 4.98 Å². The van der Waals surface area contributed by atoms with Crippen LogP contribution >= 0.6 is 0 Å². The molecule has 3 rings (SSSR count). The van der Waals surface area contributed by atoms with Gasteiger partial charge in [-0.3, -0.25) is 9.59 Å². The summed E-state index contributed by atoms with van der Waals surface area (Å²) in [6.07, 6.45) is 2.12. The average Bonchev–Trinajstić information content (AvgIpc) is 3.29. The van der Waals surface area contributed by atoms with Gasteiger partial charge in [0.1, 0.15) is 5.75 Å². The van der Waals surface area contributed by atoms with Crippen molar-refractivity contribution in [3.8, 4) is 17.1 Å². The second kappa shape index (κ2) is 7.99. The number of aryl methyl sites for hydroxylation is 1. The van der Waals surface area contributed by atoms with Crippen LogP contribution in [0.15, 0.2) is 28.8 Å². The smallest absolute Gasteiger partial charge is 0.305 e. The molecule has 8 nitrogen and oxygen atoms in total. The summed E-state index contributed by atoms with van der Waals surface area (Å²) in [5.41, 5.74) is 0.799. The molecule has 2 heterocycles. The standard InChI is InChI=1S/C18H21N3O5/c1-25-14-6-4-12(5-7-14)18-19-15(26-20-18)8-9-16(22)21-10-2-3-13(21)11-17(23)24/h4-7,13H,2-3,8-11H2,1H3,(H,23,24). The van der Waals surface area contributed by atoms with Crippen molar-refractivity contribution in [1.82, 2.24) is 15.0 Å². The molecule has 26 heavy (non-hydrogen) atoms. The molecule has 138 valence electrons. The Balaban J connectivity index is 1.57. The normalized spacial score (nSPS) is 16.7. The summed E-state index contributed by atoms with van der Waals surface area (Å²) >= 11 is 0. The topological polar surface area (TPSA) is 106 Å². The van der Waals surface area contributed by atoms with Gasteiger partial charge in [0, 0.05) is 31.0 Å². The molecule has 0 aliphatic carbocycles. The summed E-state index contributed by atoms with van der Waals surface area (Å²) in [5, 5.41) is 12.9. The predicted molar refractivity (Wildman–Crippen MR) is 91.6 cm³/mol. The highest BCUT2D eigenvalue weighted by Gasteiger charge is 2.30. The molecule has 1 aliphatic rings. The molecule has 1 fully saturated rings. The van der Waals surface area contributed by atoms with Crippen molar-refractivity contribution in [2.24, 2.45) is 0 Å². The molecule has 1 aromatic heterocycles. The first kappa shape index (κ1) is 17.9. The van der Waals surface area contributed by atoms with Crippen LogP contribution < -0.4 is 4.74 Å². The molecule has 1 atom stereocenters. The maximum Gasteiger partial charge on any atom is 0.305 e. The summed E-state index contributed by atoms with van der Waals surface area (Å²) in [6, 6.07) is 7.08. The largest absolute Gasteiger partial charge is 0.497 e. The fraction of sp³-hybridized carbons (Fsp3) is 0.444. The third-order valence-electron chi connectivity index (χ3n) is 4.48. The van der Waals surface area contributed by atoms with Gasteiger partial charge in [-0.15, -0.1) is 0 Å². The van der Waals surface area contributed by atoms with Crippen molar-refractivity contribution in [2.75, 3.05) is 13.7 Å². The number of nitrogens with zero attached hydrogens (tertiary/aromatic N) is 3. The third-order valence-corrected chi connectivity index (χ3v) is 4.48. The number of carboxylic acid groups (broad SMARTS) is 1. The maximum atomic E-state index is 12.4. The zero-order valence-corrected chi connectivity index (χ0v) is 14.6. The van der Waals surface area contributed by atoms with Crippen molar-refractivity contribution in [1.29, 1.82) is 0 Å². The molecule has 0 saturated carbocycles. The van der Waals surface area contributed by atoms with Gasteiger partial charge in [0.05, 0.1) is 13.5 Å². The summed E-state index contributed by atoms with van der Waals surface area (Å²) < 4.78 is 10.3. The molecule has 0 bridgehead atoms. The predicted octanol–water partition coefficient (Wildman–Crippen LogP) is 2.14. The highest BCUT2D eigenvalue weighted by Crippen LogP contribution is 2.22. The Bertz CT molecular complexity index is 771. The van der Waals surface area contributed by atoms with E-state index in [1.807, 2.05) is 24.3 Å². The highest BCUT2D eigenvalue weighted by molar-refractivity contribution is 5.78. The minimum atomic E-state index is -0.879. The molecule has 1 amide bonds. The van der Waals surface area contributed by atoms with Gasteiger partial charge in [0.25, 0.3) is 0 Å². The number of benzene rings is 1. The van der Waals surface area contributed by atoms with Gasteiger partial charge in [-0.25, -0.2) is 0 Å². The van der Waals surface area contributed by atoms with E-state index in [9.17, 15) is 9.59 Å². The van der Waals surface area contributed by atoms with E-state index in [1.54, 1.807) is 12.0 Å². The number of carbonyl (C=O) groups excluding carboxylic acids is 1. The lowest BCUT2D eigenvalue weighted by atomic mass is 10.1. The molecule has 0 radical (unpaired) electrons. The minimum Gasteiger partial charge on any atom is -0.497 e. The first-order chi connectivity index (χ1) is 12.6. The zero-order valence-electron chi connectivity index (χ0n) is 14.6. The van der Waals surface area contributed by atoms with Gasteiger partial charge in [0.15, 0.2) is 0 Å². The van der Waals surface area contributed by atoms with E-state index in [4.69, 9.17) is 14.4 Å². The minimum absolute atomic E-state index is 0.00604. The number of aliphatic carboxylic acids is 1. The van der Waals surface area contributed by atoms with Gasteiger partial charge >= 0.3 is 5.97 Å². The van der Waals surface area contributed by atoms with E-state index >= 15 is 0 Å². The number of likely N-dealkylation sites (tertiary alicyclic amines) is 1. The molecule has 2 aromatic rings. The highest BCUT2D eigenvalue weighted by atomic mass is 16.5. The number of ether oxygens (including phenoxy) is 1. The van der Waals surface area contributed by atoms with Crippen molar-refractivity contribution in [3.63, 3.8) is 0 Å².